The van der Waals surface area contributed by atoms with Crippen molar-refractivity contribution in [2.24, 2.45) is 5.92 Å². The third kappa shape index (κ3) is 4.26. The topological polar surface area (TPSA) is 65.1 Å². The van der Waals surface area contributed by atoms with E-state index in [9.17, 15) is 9.59 Å². The molecule has 2 heterocycles. The largest absolute Gasteiger partial charge is 0.497 e. The molecule has 2 aromatic carbocycles. The Morgan fingerprint density at radius 3 is 2.43 bits per heavy atom. The molecule has 2 aromatic rings. The molecule has 2 aliphatic rings. The summed E-state index contributed by atoms with van der Waals surface area (Å²) in [6.45, 7) is 4.23. The molecule has 2 aliphatic heterocycles. The molecule has 0 aliphatic carbocycles. The second kappa shape index (κ2) is 8.75. The van der Waals surface area contributed by atoms with Gasteiger partial charge in [-0.15, -0.1) is 0 Å². The predicted molar refractivity (Wildman–Crippen MR) is 118 cm³/mol. The first-order valence-corrected chi connectivity index (χ1v) is 10.3. The fourth-order valence-electron chi connectivity index (χ4n) is 4.03. The summed E-state index contributed by atoms with van der Waals surface area (Å²) >= 11 is 0. The lowest BCUT2D eigenvalue weighted by Crippen LogP contribution is -2.44. The number of nitrogens with one attached hydrogen (secondary N) is 1. The fourth-order valence-corrected chi connectivity index (χ4v) is 4.03. The quantitative estimate of drug-likeness (QED) is 0.823. The van der Waals surface area contributed by atoms with Gasteiger partial charge in [-0.05, 0) is 43.4 Å². The van der Waals surface area contributed by atoms with Gasteiger partial charge in [0, 0.05) is 44.8 Å². The summed E-state index contributed by atoms with van der Waals surface area (Å²) in [5.74, 6) is 0.217. The highest BCUT2D eigenvalue weighted by atomic mass is 16.5. The fraction of sp³-hybridized carbons (Fsp3) is 0.391. The van der Waals surface area contributed by atoms with Gasteiger partial charge in [0.15, 0.2) is 0 Å². The maximum absolute atomic E-state index is 13.0. The van der Waals surface area contributed by atoms with Crippen LogP contribution >= 0.6 is 0 Å². The van der Waals surface area contributed by atoms with Crippen LogP contribution in [0, 0.1) is 5.92 Å². The van der Waals surface area contributed by atoms with Crippen LogP contribution < -0.4 is 19.9 Å². The number of hydrogen-bond acceptors (Lipinski definition) is 5. The molecule has 30 heavy (non-hydrogen) atoms. The van der Waals surface area contributed by atoms with Gasteiger partial charge in [-0.3, -0.25) is 9.59 Å². The van der Waals surface area contributed by atoms with Crippen molar-refractivity contribution in [2.45, 2.75) is 6.42 Å². The van der Waals surface area contributed by atoms with Crippen molar-refractivity contribution in [1.82, 2.24) is 4.90 Å². The molecule has 0 spiro atoms. The van der Waals surface area contributed by atoms with Gasteiger partial charge in [-0.25, -0.2) is 0 Å². The number of likely N-dealkylation sites (N-methyl/N-ethyl adjacent to an activating group) is 1. The highest BCUT2D eigenvalue weighted by Gasteiger charge is 2.35. The van der Waals surface area contributed by atoms with Crippen LogP contribution in [0.5, 0.6) is 5.75 Å². The number of amides is 2. The van der Waals surface area contributed by atoms with E-state index in [0.29, 0.717) is 6.54 Å². The third-order valence-corrected chi connectivity index (χ3v) is 5.89. The molecule has 1 unspecified atom stereocenters. The van der Waals surface area contributed by atoms with Crippen LogP contribution in [-0.4, -0.2) is 63.6 Å². The van der Waals surface area contributed by atoms with Crippen LogP contribution in [0.1, 0.15) is 6.42 Å². The summed E-state index contributed by atoms with van der Waals surface area (Å²) < 4.78 is 5.18. The number of carbonyl (C=O) groups is 2. The lowest BCUT2D eigenvalue weighted by atomic mass is 10.1. The van der Waals surface area contributed by atoms with Gasteiger partial charge in [0.2, 0.25) is 11.8 Å². The normalized spacial score (nSPS) is 19.8. The zero-order chi connectivity index (χ0) is 21.1. The van der Waals surface area contributed by atoms with Crippen LogP contribution in [0.25, 0.3) is 0 Å². The number of para-hydroxylation sites is 2. The summed E-state index contributed by atoms with van der Waals surface area (Å²) in [5, 5.41) is 3.08. The van der Waals surface area contributed by atoms with Crippen LogP contribution in [0.15, 0.2) is 48.5 Å². The van der Waals surface area contributed by atoms with Gasteiger partial charge >= 0.3 is 0 Å². The molecule has 0 bridgehead atoms. The van der Waals surface area contributed by atoms with E-state index < -0.39 is 0 Å². The summed E-state index contributed by atoms with van der Waals surface area (Å²) in [5.41, 5.74) is 2.63. The van der Waals surface area contributed by atoms with Gasteiger partial charge in [0.1, 0.15) is 5.75 Å². The number of nitrogens with zero attached hydrogens (tertiary/aromatic N) is 3. The van der Waals surface area contributed by atoms with Crippen LogP contribution in [-0.2, 0) is 9.59 Å². The molecule has 2 amide bonds. The first-order valence-electron chi connectivity index (χ1n) is 10.3. The molecule has 1 atom stereocenters. The van der Waals surface area contributed by atoms with E-state index in [0.717, 1.165) is 49.0 Å². The zero-order valence-corrected chi connectivity index (χ0v) is 17.5. The molecule has 1 N–H and O–H groups in total. The smallest absolute Gasteiger partial charge is 0.229 e. The maximum Gasteiger partial charge on any atom is 0.229 e. The number of methoxy groups -OCH3 is 1. The monoisotopic (exact) mass is 408 g/mol. The summed E-state index contributed by atoms with van der Waals surface area (Å²) in [6, 6.07) is 15.2. The number of piperazine rings is 1. The molecule has 2 saturated heterocycles. The van der Waals surface area contributed by atoms with E-state index in [1.165, 1.54) is 0 Å². The highest BCUT2D eigenvalue weighted by Crippen LogP contribution is 2.30. The predicted octanol–water partition coefficient (Wildman–Crippen LogP) is 2.44. The van der Waals surface area contributed by atoms with E-state index in [4.69, 9.17) is 4.74 Å². The van der Waals surface area contributed by atoms with Crippen molar-refractivity contribution >= 4 is 28.9 Å². The maximum atomic E-state index is 13.0. The average Bonchev–Trinajstić information content (AvgIpc) is 3.17. The van der Waals surface area contributed by atoms with Crippen molar-refractivity contribution in [3.63, 3.8) is 0 Å². The molecule has 4 rings (SSSR count). The van der Waals surface area contributed by atoms with E-state index >= 15 is 0 Å². The lowest BCUT2D eigenvalue weighted by Gasteiger charge is -2.35. The first kappa shape index (κ1) is 20.2. The number of anilines is 3. The minimum absolute atomic E-state index is 0.0346. The Morgan fingerprint density at radius 1 is 1.03 bits per heavy atom. The molecule has 0 saturated carbocycles. The molecule has 0 radical (unpaired) electrons. The van der Waals surface area contributed by atoms with Gasteiger partial charge in [0.05, 0.1) is 24.4 Å². The van der Waals surface area contributed by atoms with Crippen molar-refractivity contribution in [1.29, 1.82) is 0 Å². The minimum atomic E-state index is -0.375. The number of ether oxygens (including phenoxy) is 1. The van der Waals surface area contributed by atoms with Crippen molar-refractivity contribution in [3.8, 4) is 5.75 Å². The Morgan fingerprint density at radius 2 is 1.73 bits per heavy atom. The third-order valence-electron chi connectivity index (χ3n) is 5.89. The number of carbonyl (C=O) groups excluding carboxylic acids is 2. The molecular weight excluding hydrogens is 380 g/mol. The van der Waals surface area contributed by atoms with Crippen LogP contribution in [0.3, 0.4) is 0 Å². The Hall–Kier alpha value is -3.06. The molecule has 2 fully saturated rings. The molecule has 0 aromatic heterocycles. The Labute approximate surface area is 177 Å². The SMILES string of the molecule is COc1ccc(N2CC(C(=O)Nc3ccccc3N3CCN(C)CC3)CC2=O)cc1. The van der Waals surface area contributed by atoms with Crippen molar-refractivity contribution in [2.75, 3.05) is 62.0 Å². The van der Waals surface area contributed by atoms with Gasteiger partial charge < -0.3 is 24.8 Å². The Kier molecular flexibility index (Phi) is 5.90. The molecule has 7 nitrogen and oxygen atoms in total. The van der Waals surface area contributed by atoms with Crippen molar-refractivity contribution < 1.29 is 14.3 Å². The van der Waals surface area contributed by atoms with E-state index in [2.05, 4.69) is 22.2 Å². The van der Waals surface area contributed by atoms with E-state index in [-0.39, 0.29) is 24.2 Å². The second-order valence-electron chi connectivity index (χ2n) is 7.90. The van der Waals surface area contributed by atoms with Gasteiger partial charge in [-0.2, -0.15) is 0 Å². The van der Waals surface area contributed by atoms with Gasteiger partial charge in [0.25, 0.3) is 0 Å². The highest BCUT2D eigenvalue weighted by molar-refractivity contribution is 6.04. The number of benzene rings is 2. The molecular formula is C23H28N4O3. The van der Waals surface area contributed by atoms with Gasteiger partial charge in [-0.1, -0.05) is 12.1 Å². The van der Waals surface area contributed by atoms with E-state index in [1.54, 1.807) is 12.0 Å². The zero-order valence-electron chi connectivity index (χ0n) is 17.5. The summed E-state index contributed by atoms with van der Waals surface area (Å²) in [4.78, 5) is 31.8. The molecule has 7 heteroatoms. The van der Waals surface area contributed by atoms with Crippen LogP contribution in [0.4, 0.5) is 17.1 Å². The first-order chi connectivity index (χ1) is 14.5. The summed E-state index contributed by atoms with van der Waals surface area (Å²) in [7, 11) is 3.73. The number of hydrogen-bond donors (Lipinski definition) is 1. The summed E-state index contributed by atoms with van der Waals surface area (Å²) in [6.07, 6.45) is 0.217. The van der Waals surface area contributed by atoms with Crippen molar-refractivity contribution in [3.05, 3.63) is 48.5 Å². The second-order valence-corrected chi connectivity index (χ2v) is 7.90. The van der Waals surface area contributed by atoms with Crippen LogP contribution in [0.2, 0.25) is 0 Å². The van der Waals surface area contributed by atoms with E-state index in [1.807, 2.05) is 48.5 Å². The standard InChI is InChI=1S/C23H28N4O3/c1-25-11-13-26(14-12-25)21-6-4-3-5-20(21)24-23(29)17-15-22(28)27(16-17)18-7-9-19(30-2)10-8-18/h3-10,17H,11-16H2,1-2H3,(H,24,29). The Bertz CT molecular complexity index is 907. The Balaban J connectivity index is 1.44. The average molecular weight is 409 g/mol. The lowest BCUT2D eigenvalue weighted by molar-refractivity contribution is -0.122. The number of rotatable bonds is 5. The minimum Gasteiger partial charge on any atom is -0.497 e. The molecule has 158 valence electrons.